The van der Waals surface area contributed by atoms with Crippen LogP contribution >= 0.6 is 21.6 Å². The van der Waals surface area contributed by atoms with Gasteiger partial charge in [0.25, 0.3) is 0 Å². The molecule has 0 aromatic rings. The van der Waals surface area contributed by atoms with Gasteiger partial charge in [0.05, 0.1) is 24.4 Å². The molecule has 0 aliphatic carbocycles. The summed E-state index contributed by atoms with van der Waals surface area (Å²) < 4.78 is 5.75. The number of carbonyl (C=O) groups is 1. The summed E-state index contributed by atoms with van der Waals surface area (Å²) in [6.45, 7) is 19.4. The lowest BCUT2D eigenvalue weighted by molar-refractivity contribution is -0.144. The zero-order valence-corrected chi connectivity index (χ0v) is 57.2. The Morgan fingerprint density at radius 1 is 0.405 bits per heavy atom. The first-order chi connectivity index (χ1) is 41.2. The summed E-state index contributed by atoms with van der Waals surface area (Å²) in [6, 6.07) is 0. The van der Waals surface area contributed by atoms with Crippen LogP contribution in [0.3, 0.4) is 0 Å². The summed E-state index contributed by atoms with van der Waals surface area (Å²) in [5, 5.41) is 44.2. The highest BCUT2D eigenvalue weighted by molar-refractivity contribution is 8.76. The first-order valence-corrected chi connectivity index (χ1v) is 38.3. The topological polar surface area (TPSA) is 120 Å². The van der Waals surface area contributed by atoms with Crippen molar-refractivity contribution in [2.75, 3.05) is 96.6 Å². The Kier molecular flexibility index (Phi) is 61.0. The molecule has 0 aromatic heterocycles. The molecule has 1 rings (SSSR count). The molecular weight excluding hydrogens is 1080 g/mol. The molecule has 1 aliphatic rings. The molecule has 4 N–H and O–H groups in total. The highest BCUT2D eigenvalue weighted by Gasteiger charge is 2.20. The molecule has 0 spiro atoms. The average Bonchev–Trinajstić information content (AvgIpc) is 3.56. The van der Waals surface area contributed by atoms with E-state index in [2.05, 4.69) is 95.9 Å². The van der Waals surface area contributed by atoms with Crippen molar-refractivity contribution in [1.82, 2.24) is 19.6 Å². The van der Waals surface area contributed by atoms with Crippen LogP contribution in [-0.2, 0) is 9.53 Å². The largest absolute Gasteiger partial charge is 0.464 e. The average molecular weight is 1220 g/mol. The van der Waals surface area contributed by atoms with Gasteiger partial charge >= 0.3 is 5.97 Å². The maximum Gasteiger partial charge on any atom is 0.305 e. The molecule has 0 saturated carbocycles. The van der Waals surface area contributed by atoms with Gasteiger partial charge in [0.2, 0.25) is 0 Å². The quantitative estimate of drug-likeness (QED) is 0.0201. The highest BCUT2D eigenvalue weighted by atomic mass is 33.1. The second kappa shape index (κ2) is 63.4. The number of unbranched alkanes of at least 4 members (excludes halogenated alkanes) is 25. The predicted octanol–water partition coefficient (Wildman–Crippen LogP) is 17.5. The molecule has 10 nitrogen and oxygen atoms in total. The molecule has 1 saturated heterocycles. The van der Waals surface area contributed by atoms with Gasteiger partial charge in [0.1, 0.15) is 6.61 Å². The maximum atomic E-state index is 12.9. The number of esters is 1. The monoisotopic (exact) mass is 1220 g/mol. The Labute approximate surface area is 528 Å². The van der Waals surface area contributed by atoms with Crippen LogP contribution in [0.1, 0.15) is 285 Å². The summed E-state index contributed by atoms with van der Waals surface area (Å²) in [4.78, 5) is 22.5. The number of nitrogens with zero attached hydrogens (tertiary/aromatic N) is 4. The van der Waals surface area contributed by atoms with Crippen LogP contribution in [0.5, 0.6) is 0 Å². The van der Waals surface area contributed by atoms with E-state index in [9.17, 15) is 25.2 Å². The van der Waals surface area contributed by atoms with E-state index in [4.69, 9.17) is 4.74 Å². The van der Waals surface area contributed by atoms with E-state index < -0.39 is 12.2 Å². The predicted molar refractivity (Wildman–Crippen MR) is 370 cm³/mol. The van der Waals surface area contributed by atoms with Crippen LogP contribution in [0.2, 0.25) is 0 Å². The van der Waals surface area contributed by atoms with Gasteiger partial charge in [-0.1, -0.05) is 239 Å². The van der Waals surface area contributed by atoms with Crippen LogP contribution < -0.4 is 0 Å². The normalized spacial score (nSPS) is 15.4. The zero-order valence-electron chi connectivity index (χ0n) is 55.5. The van der Waals surface area contributed by atoms with E-state index in [0.717, 1.165) is 160 Å². The Morgan fingerprint density at radius 2 is 0.738 bits per heavy atom. The lowest BCUT2D eigenvalue weighted by Gasteiger charge is -2.34. The number of aliphatic hydroxyl groups is 4. The smallest absolute Gasteiger partial charge is 0.305 e. The minimum Gasteiger partial charge on any atom is -0.464 e. The van der Waals surface area contributed by atoms with Crippen molar-refractivity contribution in [2.45, 2.75) is 309 Å². The number of piperazine rings is 1. The number of rotatable bonds is 64. The summed E-state index contributed by atoms with van der Waals surface area (Å²) in [5.74, 6) is 2.09. The Bertz CT molecular complexity index is 1420. The summed E-state index contributed by atoms with van der Waals surface area (Å²) in [6.07, 6.45) is 61.8. The van der Waals surface area contributed by atoms with Gasteiger partial charge in [0.15, 0.2) is 0 Å². The lowest BCUT2D eigenvalue weighted by Crippen LogP contribution is -2.47. The van der Waals surface area contributed by atoms with E-state index >= 15 is 0 Å². The van der Waals surface area contributed by atoms with Crippen LogP contribution in [0.15, 0.2) is 48.6 Å². The summed E-state index contributed by atoms with van der Waals surface area (Å²) >= 11 is 0. The Hall–Kier alpha value is -1.19. The van der Waals surface area contributed by atoms with Crippen molar-refractivity contribution < 1.29 is 30.0 Å². The van der Waals surface area contributed by atoms with Gasteiger partial charge in [0, 0.05) is 83.4 Å². The fraction of sp³-hybridized carbons (Fsp3) is 0.875. The number of ether oxygens (including phenoxy) is 1. The van der Waals surface area contributed by atoms with Crippen LogP contribution in [0, 0.1) is 0 Å². The molecule has 84 heavy (non-hydrogen) atoms. The van der Waals surface area contributed by atoms with Crippen molar-refractivity contribution in [1.29, 1.82) is 0 Å². The second-order valence-electron chi connectivity index (χ2n) is 24.9. The molecule has 12 heteroatoms. The maximum absolute atomic E-state index is 12.9. The first-order valence-electron chi connectivity index (χ1n) is 35.8. The molecule has 0 amide bonds. The minimum absolute atomic E-state index is 0.154. The number of aliphatic hydroxyl groups excluding tert-OH is 4. The number of carbonyl (C=O) groups excluding carboxylic acids is 1. The SMILES string of the molecule is CCCCC/C=C\C/C=C\CCCCCCC(O)CN(CCCC(=O)OCCN1CCN(CCSSCCCCN(CC(O)CCCCCCCC)CC(O)CCCCCCCC)CC1)CC(O)CCCCCC/C=C\C/C=C\CCCCC. The summed E-state index contributed by atoms with van der Waals surface area (Å²) in [5.41, 5.74) is 0. The third-order valence-electron chi connectivity index (χ3n) is 16.7. The number of allylic oxidation sites excluding steroid dienone is 8. The third kappa shape index (κ3) is 56.1. The van der Waals surface area contributed by atoms with Gasteiger partial charge in [-0.05, 0) is 122 Å². The van der Waals surface area contributed by atoms with Crippen LogP contribution in [0.25, 0.3) is 0 Å². The Morgan fingerprint density at radius 3 is 1.15 bits per heavy atom. The van der Waals surface area contributed by atoms with Gasteiger partial charge < -0.3 is 25.2 Å². The van der Waals surface area contributed by atoms with E-state index in [-0.39, 0.29) is 18.2 Å². The molecule has 4 atom stereocenters. The summed E-state index contributed by atoms with van der Waals surface area (Å²) in [7, 11) is 3.97. The third-order valence-corrected chi connectivity index (χ3v) is 19.1. The first kappa shape index (κ1) is 80.8. The molecule has 4 unspecified atom stereocenters. The van der Waals surface area contributed by atoms with Gasteiger partial charge in [-0.15, -0.1) is 0 Å². The molecule has 0 aromatic carbocycles. The minimum atomic E-state index is -0.438. The van der Waals surface area contributed by atoms with Crippen molar-refractivity contribution in [3.63, 3.8) is 0 Å². The van der Waals surface area contributed by atoms with Crippen molar-refractivity contribution in [2.24, 2.45) is 0 Å². The van der Waals surface area contributed by atoms with E-state index in [1.54, 1.807) is 0 Å². The molecule has 1 fully saturated rings. The van der Waals surface area contributed by atoms with E-state index in [1.807, 2.05) is 21.6 Å². The molecule has 0 bridgehead atoms. The fourth-order valence-corrected chi connectivity index (χ4v) is 13.4. The van der Waals surface area contributed by atoms with Crippen molar-refractivity contribution in [3.05, 3.63) is 48.6 Å². The zero-order chi connectivity index (χ0) is 60.9. The van der Waals surface area contributed by atoms with Crippen molar-refractivity contribution in [3.8, 4) is 0 Å². The molecule has 1 aliphatic heterocycles. The standard InChI is InChI=1S/C72H138N4O6S2/c1-5-9-13-17-21-23-25-27-29-31-33-35-39-43-50-70(79)66-76(67-71(80)51-44-40-36-34-32-30-28-26-24-22-18-14-10-6-2)54-47-52-72(81)82-61-59-73-55-57-74(58-56-73)60-63-84-83-62-46-45-53-75(64-68(77)48-41-37-19-15-11-7-3)65-69(78)49-42-38-20-16-12-8-4/h21-24,27-30,68-71,77-80H,5-20,25-26,31-67H2,1-4H3/b23-21-,24-22-,29-27-,30-28-. The van der Waals surface area contributed by atoms with Gasteiger partial charge in [-0.3, -0.25) is 24.4 Å². The van der Waals surface area contributed by atoms with Gasteiger partial charge in [-0.2, -0.15) is 0 Å². The molecule has 0 radical (unpaired) electrons. The van der Waals surface area contributed by atoms with Crippen LogP contribution in [0.4, 0.5) is 0 Å². The van der Waals surface area contributed by atoms with E-state index in [0.29, 0.717) is 52.2 Å². The number of hydrogen-bond donors (Lipinski definition) is 4. The fourth-order valence-electron chi connectivity index (χ4n) is 11.2. The number of hydrogen-bond acceptors (Lipinski definition) is 12. The lowest BCUT2D eigenvalue weighted by atomic mass is 10.1. The Balaban J connectivity index is 2.40. The van der Waals surface area contributed by atoms with Crippen molar-refractivity contribution >= 4 is 27.6 Å². The molecule has 1 heterocycles. The molecule has 494 valence electrons. The highest BCUT2D eigenvalue weighted by Crippen LogP contribution is 2.23. The van der Waals surface area contributed by atoms with Crippen LogP contribution in [-0.4, -0.2) is 167 Å². The second-order valence-corrected chi connectivity index (χ2v) is 27.6. The van der Waals surface area contributed by atoms with E-state index in [1.165, 1.54) is 141 Å². The van der Waals surface area contributed by atoms with Gasteiger partial charge in [-0.25, -0.2) is 0 Å². The molecular formula is C72H138N4O6S2.